The third-order valence-electron chi connectivity index (χ3n) is 3.74. The zero-order chi connectivity index (χ0) is 14.8. The molecule has 3 rings (SSSR count). The summed E-state index contributed by atoms with van der Waals surface area (Å²) in [5.74, 6) is 1.63. The predicted octanol–water partition coefficient (Wildman–Crippen LogP) is 3.67. The van der Waals surface area contributed by atoms with Crippen LogP contribution in [0.2, 0.25) is 0 Å². The highest BCUT2D eigenvalue weighted by Crippen LogP contribution is 2.36. The van der Waals surface area contributed by atoms with E-state index >= 15 is 0 Å². The van der Waals surface area contributed by atoms with Gasteiger partial charge in [-0.3, -0.25) is 0 Å². The van der Waals surface area contributed by atoms with Gasteiger partial charge in [0.05, 0.1) is 19.8 Å². The number of halogens is 1. The lowest BCUT2D eigenvalue weighted by Crippen LogP contribution is -2.05. The molecule has 1 aliphatic rings. The highest BCUT2D eigenvalue weighted by atomic mass is 79.9. The van der Waals surface area contributed by atoms with Gasteiger partial charge in [-0.15, -0.1) is 0 Å². The first-order valence-electron chi connectivity index (χ1n) is 6.94. The molecule has 0 saturated carbocycles. The minimum absolute atomic E-state index is 0.502. The maximum absolute atomic E-state index is 10.6. The highest BCUT2D eigenvalue weighted by molar-refractivity contribution is 9.10. The molecule has 0 bridgehead atoms. The van der Waals surface area contributed by atoms with Gasteiger partial charge in [-0.2, -0.15) is 0 Å². The zero-order valence-electron chi connectivity index (χ0n) is 11.8. The van der Waals surface area contributed by atoms with Crippen LogP contribution in [0, 0.1) is 0 Å². The Morgan fingerprint density at radius 1 is 1.33 bits per heavy atom. The van der Waals surface area contributed by atoms with Gasteiger partial charge in [-0.25, -0.2) is 0 Å². The van der Waals surface area contributed by atoms with Crippen molar-refractivity contribution < 1.29 is 14.6 Å². The van der Waals surface area contributed by atoms with Crippen molar-refractivity contribution in [3.63, 3.8) is 0 Å². The van der Waals surface area contributed by atoms with Crippen molar-refractivity contribution >= 4 is 15.9 Å². The molecule has 0 aliphatic carbocycles. The van der Waals surface area contributed by atoms with Crippen LogP contribution in [0.15, 0.2) is 40.9 Å². The van der Waals surface area contributed by atoms with Crippen molar-refractivity contribution in [2.45, 2.75) is 18.9 Å². The molecular weight excluding hydrogens is 332 g/mol. The molecular formula is C17H17BrO3. The summed E-state index contributed by atoms with van der Waals surface area (Å²) in [6.45, 7) is 0.712. The number of rotatable bonds is 4. The van der Waals surface area contributed by atoms with Crippen molar-refractivity contribution in [2.24, 2.45) is 0 Å². The second-order valence-corrected chi connectivity index (χ2v) is 6.03. The summed E-state index contributed by atoms with van der Waals surface area (Å²) in [4.78, 5) is 0. The summed E-state index contributed by atoms with van der Waals surface area (Å²) in [6.07, 6.45) is 0.804. The molecule has 2 aromatic carbocycles. The van der Waals surface area contributed by atoms with Gasteiger partial charge in [0.1, 0.15) is 11.5 Å². The molecule has 110 valence electrons. The van der Waals surface area contributed by atoms with E-state index in [1.807, 2.05) is 30.3 Å². The van der Waals surface area contributed by atoms with Gasteiger partial charge in [-0.05, 0) is 29.3 Å². The lowest BCUT2D eigenvalue weighted by molar-refractivity contribution is 0.172. The zero-order valence-corrected chi connectivity index (χ0v) is 13.4. The maximum atomic E-state index is 10.6. The Bertz CT molecular complexity index is 654. The first-order valence-corrected chi connectivity index (χ1v) is 7.73. The van der Waals surface area contributed by atoms with E-state index in [0.29, 0.717) is 18.8 Å². The number of para-hydroxylation sites is 1. The summed E-state index contributed by atoms with van der Waals surface area (Å²) in [6, 6.07) is 11.7. The van der Waals surface area contributed by atoms with Crippen LogP contribution in [0.25, 0.3) is 0 Å². The second kappa shape index (κ2) is 6.08. The lowest BCUT2D eigenvalue weighted by Gasteiger charge is -2.16. The second-order valence-electron chi connectivity index (χ2n) is 5.11. The van der Waals surface area contributed by atoms with Crippen molar-refractivity contribution in [2.75, 3.05) is 13.7 Å². The molecule has 2 aromatic rings. The Kier molecular flexibility index (Phi) is 4.17. The van der Waals surface area contributed by atoms with Crippen molar-refractivity contribution in [3.05, 3.63) is 57.6 Å². The van der Waals surface area contributed by atoms with Crippen molar-refractivity contribution in [1.29, 1.82) is 0 Å². The Balaban J connectivity index is 1.90. The number of ether oxygens (including phenoxy) is 2. The number of aliphatic hydroxyl groups is 1. The lowest BCUT2D eigenvalue weighted by atomic mass is 9.98. The summed E-state index contributed by atoms with van der Waals surface area (Å²) in [7, 11) is 1.62. The van der Waals surface area contributed by atoms with Crippen LogP contribution in [0.5, 0.6) is 11.5 Å². The van der Waals surface area contributed by atoms with E-state index in [9.17, 15) is 5.11 Å². The van der Waals surface area contributed by atoms with Crippen LogP contribution in [0.4, 0.5) is 0 Å². The molecule has 1 N–H and O–H groups in total. The Morgan fingerprint density at radius 3 is 2.95 bits per heavy atom. The van der Waals surface area contributed by atoms with Gasteiger partial charge in [0.25, 0.3) is 0 Å². The number of aliphatic hydroxyl groups excluding tert-OH is 1. The van der Waals surface area contributed by atoms with Gasteiger partial charge in [0.15, 0.2) is 0 Å². The summed E-state index contributed by atoms with van der Waals surface area (Å²) in [5.41, 5.74) is 3.02. The molecule has 3 nitrogen and oxygen atoms in total. The monoisotopic (exact) mass is 348 g/mol. The number of fused-ring (bicyclic) bond motifs is 1. The molecule has 21 heavy (non-hydrogen) atoms. The molecule has 1 unspecified atom stereocenters. The van der Waals surface area contributed by atoms with E-state index in [1.165, 1.54) is 5.56 Å². The van der Waals surface area contributed by atoms with E-state index in [4.69, 9.17) is 9.47 Å². The average Bonchev–Trinajstić information content (AvgIpc) is 2.95. The van der Waals surface area contributed by atoms with Crippen LogP contribution in [0.3, 0.4) is 0 Å². The number of methoxy groups -OCH3 is 1. The van der Waals surface area contributed by atoms with Gasteiger partial charge in [0.2, 0.25) is 0 Å². The molecule has 0 radical (unpaired) electrons. The minimum Gasteiger partial charge on any atom is -0.496 e. The molecule has 0 amide bonds. The van der Waals surface area contributed by atoms with Crippen LogP contribution in [-0.2, 0) is 12.8 Å². The average molecular weight is 349 g/mol. The maximum Gasteiger partial charge on any atom is 0.125 e. The van der Waals surface area contributed by atoms with E-state index in [-0.39, 0.29) is 0 Å². The topological polar surface area (TPSA) is 38.7 Å². The Labute approximate surface area is 132 Å². The SMILES string of the molecule is COc1ccccc1C(O)Cc1cc(Br)cc2c1OCC2. The van der Waals surface area contributed by atoms with Crippen molar-refractivity contribution in [1.82, 2.24) is 0 Å². The van der Waals surface area contributed by atoms with Gasteiger partial charge in [-0.1, -0.05) is 34.1 Å². The molecule has 1 atom stereocenters. The third-order valence-corrected chi connectivity index (χ3v) is 4.19. The predicted molar refractivity (Wildman–Crippen MR) is 85.0 cm³/mol. The Hall–Kier alpha value is -1.52. The fraction of sp³-hybridized carbons (Fsp3) is 0.294. The first kappa shape index (κ1) is 14.4. The van der Waals surface area contributed by atoms with E-state index in [2.05, 4.69) is 22.0 Å². The molecule has 0 spiro atoms. The summed E-state index contributed by atoms with van der Waals surface area (Å²) >= 11 is 3.53. The highest BCUT2D eigenvalue weighted by Gasteiger charge is 2.21. The fourth-order valence-electron chi connectivity index (χ4n) is 2.76. The summed E-state index contributed by atoms with van der Waals surface area (Å²) in [5, 5.41) is 10.6. The standard InChI is InChI=1S/C17H17BrO3/c1-20-16-5-3-2-4-14(16)15(19)10-12-9-13(18)8-11-6-7-21-17(11)12/h2-5,8-9,15,19H,6-7,10H2,1H3. The Morgan fingerprint density at radius 2 is 2.14 bits per heavy atom. The smallest absolute Gasteiger partial charge is 0.125 e. The molecule has 0 fully saturated rings. The van der Waals surface area contributed by atoms with Crippen molar-refractivity contribution in [3.8, 4) is 11.5 Å². The number of benzene rings is 2. The van der Waals surface area contributed by atoms with E-state index in [1.54, 1.807) is 7.11 Å². The number of hydrogen-bond donors (Lipinski definition) is 1. The normalized spacial score (nSPS) is 14.4. The minimum atomic E-state index is -0.622. The molecule has 1 heterocycles. The fourth-order valence-corrected chi connectivity index (χ4v) is 3.31. The van der Waals surface area contributed by atoms with Crippen LogP contribution < -0.4 is 9.47 Å². The van der Waals surface area contributed by atoms with E-state index < -0.39 is 6.10 Å². The molecule has 1 aliphatic heterocycles. The molecule has 4 heteroatoms. The van der Waals surface area contributed by atoms with E-state index in [0.717, 1.165) is 27.8 Å². The summed E-state index contributed by atoms with van der Waals surface area (Å²) < 4.78 is 12.1. The van der Waals surface area contributed by atoms with Crippen LogP contribution in [0.1, 0.15) is 22.8 Å². The third kappa shape index (κ3) is 2.92. The molecule has 0 saturated heterocycles. The first-order chi connectivity index (χ1) is 10.2. The van der Waals surface area contributed by atoms with Gasteiger partial charge < -0.3 is 14.6 Å². The largest absolute Gasteiger partial charge is 0.496 e. The molecule has 0 aromatic heterocycles. The van der Waals surface area contributed by atoms with Crippen LogP contribution in [-0.4, -0.2) is 18.8 Å². The quantitative estimate of drug-likeness (QED) is 0.916. The van der Waals surface area contributed by atoms with Gasteiger partial charge >= 0.3 is 0 Å². The van der Waals surface area contributed by atoms with Gasteiger partial charge in [0, 0.05) is 22.9 Å². The number of hydrogen-bond acceptors (Lipinski definition) is 3. The van der Waals surface area contributed by atoms with Crippen LogP contribution >= 0.6 is 15.9 Å².